The minimum absolute atomic E-state index is 0.319. The summed E-state index contributed by atoms with van der Waals surface area (Å²) < 4.78 is 5.02. The Balaban J connectivity index is 2.56. The molecule has 0 N–H and O–H groups in total. The first kappa shape index (κ1) is 12.0. The number of benzene rings is 1. The van der Waals surface area contributed by atoms with Crippen molar-refractivity contribution in [1.82, 2.24) is 4.98 Å². The van der Waals surface area contributed by atoms with E-state index in [0.29, 0.717) is 23.2 Å². The lowest BCUT2D eigenvalue weighted by Gasteiger charge is -2.07. The molecule has 2 rings (SSSR count). The van der Waals surface area contributed by atoms with Crippen molar-refractivity contribution < 1.29 is 9.53 Å². The van der Waals surface area contributed by atoms with Crippen LogP contribution in [0.25, 0.3) is 10.9 Å². The van der Waals surface area contributed by atoms with Gasteiger partial charge in [-0.1, -0.05) is 34.1 Å². The monoisotopic (exact) mass is 293 g/mol. The van der Waals surface area contributed by atoms with E-state index in [1.165, 1.54) is 0 Å². The maximum Gasteiger partial charge on any atom is 0.340 e. The minimum Gasteiger partial charge on any atom is -0.462 e. The van der Waals surface area contributed by atoms with Crippen LogP contribution in [0.1, 0.15) is 23.0 Å². The van der Waals surface area contributed by atoms with E-state index in [9.17, 15) is 4.79 Å². The summed E-state index contributed by atoms with van der Waals surface area (Å²) in [5, 5.41) is 1.48. The van der Waals surface area contributed by atoms with E-state index >= 15 is 0 Å². The molecule has 1 aromatic heterocycles. The second-order valence-corrected chi connectivity index (χ2v) is 4.09. The standard InChI is InChI=1S/C13H12BrNO2/c1-2-17-13(16)10-7-9-5-3-4-6-11(9)15-12(10)8-14/h3-7H,2,8H2,1H3. The average molecular weight is 294 g/mol. The van der Waals surface area contributed by atoms with Crippen molar-refractivity contribution >= 4 is 32.8 Å². The molecule has 3 nitrogen and oxygen atoms in total. The third-order valence-electron chi connectivity index (χ3n) is 2.42. The number of fused-ring (bicyclic) bond motifs is 1. The van der Waals surface area contributed by atoms with Gasteiger partial charge in [-0.25, -0.2) is 4.79 Å². The third-order valence-corrected chi connectivity index (χ3v) is 2.96. The van der Waals surface area contributed by atoms with Crippen LogP contribution in [-0.2, 0) is 10.1 Å². The fraction of sp³-hybridized carbons (Fsp3) is 0.231. The highest BCUT2D eigenvalue weighted by molar-refractivity contribution is 9.08. The fourth-order valence-corrected chi connectivity index (χ4v) is 2.07. The SMILES string of the molecule is CCOC(=O)c1cc2ccccc2nc1CBr. The quantitative estimate of drug-likeness (QED) is 0.644. The minimum atomic E-state index is -0.319. The van der Waals surface area contributed by atoms with Gasteiger partial charge >= 0.3 is 5.97 Å². The predicted octanol–water partition coefficient (Wildman–Crippen LogP) is 3.31. The number of hydrogen-bond donors (Lipinski definition) is 0. The van der Waals surface area contributed by atoms with Crippen molar-refractivity contribution in [2.75, 3.05) is 6.61 Å². The van der Waals surface area contributed by atoms with Crippen LogP contribution >= 0.6 is 15.9 Å². The number of hydrogen-bond acceptors (Lipinski definition) is 3. The summed E-state index contributed by atoms with van der Waals surface area (Å²) in [6.45, 7) is 2.16. The molecule has 0 spiro atoms. The molecular formula is C13H12BrNO2. The van der Waals surface area contributed by atoms with Crippen LogP contribution in [0.5, 0.6) is 0 Å². The average Bonchev–Trinajstić information content (AvgIpc) is 2.37. The van der Waals surface area contributed by atoms with Gasteiger partial charge in [-0.05, 0) is 19.1 Å². The van der Waals surface area contributed by atoms with E-state index in [2.05, 4.69) is 20.9 Å². The third kappa shape index (κ3) is 2.47. The van der Waals surface area contributed by atoms with Gasteiger partial charge in [0.15, 0.2) is 0 Å². The number of para-hydroxylation sites is 1. The first-order chi connectivity index (χ1) is 8.26. The number of halogens is 1. The Hall–Kier alpha value is -1.42. The number of esters is 1. The number of aromatic nitrogens is 1. The summed E-state index contributed by atoms with van der Waals surface area (Å²) in [4.78, 5) is 16.2. The largest absolute Gasteiger partial charge is 0.462 e. The van der Waals surface area contributed by atoms with Crippen molar-refractivity contribution in [3.05, 3.63) is 41.6 Å². The maximum absolute atomic E-state index is 11.8. The van der Waals surface area contributed by atoms with Crippen LogP contribution in [0.15, 0.2) is 30.3 Å². The first-order valence-corrected chi connectivity index (χ1v) is 6.50. The molecule has 4 heteroatoms. The summed E-state index contributed by atoms with van der Waals surface area (Å²) in [7, 11) is 0. The molecule has 0 amide bonds. The van der Waals surface area contributed by atoms with E-state index in [4.69, 9.17) is 4.74 Å². The molecule has 0 saturated carbocycles. The van der Waals surface area contributed by atoms with Crippen molar-refractivity contribution in [3.63, 3.8) is 0 Å². The van der Waals surface area contributed by atoms with Gasteiger partial charge in [0, 0.05) is 10.7 Å². The Morgan fingerprint density at radius 3 is 2.88 bits per heavy atom. The number of ether oxygens (including phenoxy) is 1. The van der Waals surface area contributed by atoms with E-state index in [-0.39, 0.29) is 5.97 Å². The summed E-state index contributed by atoms with van der Waals surface area (Å²) in [5.41, 5.74) is 2.12. The highest BCUT2D eigenvalue weighted by atomic mass is 79.9. The molecule has 88 valence electrons. The van der Waals surface area contributed by atoms with E-state index in [0.717, 1.165) is 10.9 Å². The smallest absolute Gasteiger partial charge is 0.340 e. The molecule has 1 heterocycles. The van der Waals surface area contributed by atoms with Gasteiger partial charge in [-0.3, -0.25) is 4.98 Å². The lowest BCUT2D eigenvalue weighted by Crippen LogP contribution is -2.09. The Labute approximate surface area is 108 Å². The highest BCUT2D eigenvalue weighted by Gasteiger charge is 2.14. The molecule has 0 radical (unpaired) electrons. The molecule has 0 saturated heterocycles. The highest BCUT2D eigenvalue weighted by Crippen LogP contribution is 2.19. The van der Waals surface area contributed by atoms with Gasteiger partial charge in [0.1, 0.15) is 0 Å². The molecular weight excluding hydrogens is 282 g/mol. The van der Waals surface area contributed by atoms with Crippen molar-refractivity contribution in [2.45, 2.75) is 12.3 Å². The van der Waals surface area contributed by atoms with E-state index in [1.807, 2.05) is 30.3 Å². The topological polar surface area (TPSA) is 39.2 Å². The molecule has 0 aliphatic carbocycles. The second-order valence-electron chi connectivity index (χ2n) is 3.53. The van der Waals surface area contributed by atoms with Gasteiger partial charge in [0.2, 0.25) is 0 Å². The van der Waals surface area contributed by atoms with Crippen molar-refractivity contribution in [3.8, 4) is 0 Å². The first-order valence-electron chi connectivity index (χ1n) is 5.38. The molecule has 1 aromatic carbocycles. The number of nitrogens with zero attached hydrogens (tertiary/aromatic N) is 1. The van der Waals surface area contributed by atoms with Crippen molar-refractivity contribution in [2.24, 2.45) is 0 Å². The summed E-state index contributed by atoms with van der Waals surface area (Å²) in [5.74, 6) is -0.319. The second kappa shape index (κ2) is 5.27. The summed E-state index contributed by atoms with van der Waals surface area (Å²) in [6, 6.07) is 9.54. The zero-order chi connectivity index (χ0) is 12.3. The molecule has 17 heavy (non-hydrogen) atoms. The van der Waals surface area contributed by atoms with Gasteiger partial charge in [0.05, 0.1) is 23.4 Å². The molecule has 0 bridgehead atoms. The number of alkyl halides is 1. The molecule has 0 fully saturated rings. The zero-order valence-electron chi connectivity index (χ0n) is 9.44. The number of rotatable bonds is 3. The predicted molar refractivity (Wildman–Crippen MR) is 70.3 cm³/mol. The van der Waals surface area contributed by atoms with Crippen LogP contribution in [0.4, 0.5) is 0 Å². The molecule has 0 unspecified atom stereocenters. The Bertz CT molecular complexity index is 554. The Morgan fingerprint density at radius 1 is 1.41 bits per heavy atom. The normalized spacial score (nSPS) is 10.5. The zero-order valence-corrected chi connectivity index (χ0v) is 11.0. The molecule has 0 aliphatic heterocycles. The van der Waals surface area contributed by atoms with Gasteiger partial charge < -0.3 is 4.74 Å². The Kier molecular flexibility index (Phi) is 3.74. The van der Waals surface area contributed by atoms with Gasteiger partial charge in [0.25, 0.3) is 0 Å². The molecule has 0 atom stereocenters. The fourth-order valence-electron chi connectivity index (χ4n) is 1.64. The number of carbonyl (C=O) groups excluding carboxylic acids is 1. The summed E-state index contributed by atoms with van der Waals surface area (Å²) >= 11 is 3.34. The molecule has 2 aromatic rings. The van der Waals surface area contributed by atoms with Crippen molar-refractivity contribution in [1.29, 1.82) is 0 Å². The van der Waals surface area contributed by atoms with E-state index in [1.54, 1.807) is 6.92 Å². The maximum atomic E-state index is 11.8. The van der Waals surface area contributed by atoms with Gasteiger partial charge in [-0.2, -0.15) is 0 Å². The lowest BCUT2D eigenvalue weighted by molar-refractivity contribution is 0.0525. The summed E-state index contributed by atoms with van der Waals surface area (Å²) in [6.07, 6.45) is 0. The Morgan fingerprint density at radius 2 is 2.18 bits per heavy atom. The van der Waals surface area contributed by atoms with Crippen LogP contribution in [0.2, 0.25) is 0 Å². The van der Waals surface area contributed by atoms with Gasteiger partial charge in [-0.15, -0.1) is 0 Å². The number of pyridine rings is 1. The van der Waals surface area contributed by atoms with Crippen LogP contribution in [0.3, 0.4) is 0 Å². The lowest BCUT2D eigenvalue weighted by atomic mass is 10.1. The van der Waals surface area contributed by atoms with Crippen LogP contribution in [-0.4, -0.2) is 17.6 Å². The van der Waals surface area contributed by atoms with E-state index < -0.39 is 0 Å². The van der Waals surface area contributed by atoms with Crippen LogP contribution < -0.4 is 0 Å². The molecule has 0 aliphatic rings. The number of carbonyl (C=O) groups is 1. The van der Waals surface area contributed by atoms with Crippen LogP contribution in [0, 0.1) is 0 Å².